The molecule has 0 aliphatic carbocycles. The van der Waals surface area contributed by atoms with Crippen LogP contribution in [0.15, 0.2) is 24.3 Å². The fraction of sp³-hybridized carbons (Fsp3) is 0.667. The van der Waals surface area contributed by atoms with Crippen molar-refractivity contribution in [2.75, 3.05) is 13.7 Å². The number of unbranched alkanes of at least 4 members (excludes halogenated alkanes) is 4. The fourth-order valence-corrected chi connectivity index (χ4v) is 2.37. The SMILES string of the molecule is CCCCCCC[C@H](CCO)OCc1ccc(OC)cc1. The summed E-state index contributed by atoms with van der Waals surface area (Å²) in [4.78, 5) is 0. The van der Waals surface area contributed by atoms with E-state index in [1.807, 2.05) is 24.3 Å². The summed E-state index contributed by atoms with van der Waals surface area (Å²) in [6.07, 6.45) is 8.28. The molecule has 0 bridgehead atoms. The highest BCUT2D eigenvalue weighted by molar-refractivity contribution is 5.26. The van der Waals surface area contributed by atoms with Crippen molar-refractivity contribution in [1.82, 2.24) is 0 Å². The zero-order valence-corrected chi connectivity index (χ0v) is 13.5. The Balaban J connectivity index is 2.28. The van der Waals surface area contributed by atoms with Crippen molar-refractivity contribution >= 4 is 0 Å². The van der Waals surface area contributed by atoms with Crippen molar-refractivity contribution in [3.05, 3.63) is 29.8 Å². The number of rotatable bonds is 12. The molecule has 21 heavy (non-hydrogen) atoms. The molecule has 3 heteroatoms. The molecule has 1 N–H and O–H groups in total. The lowest BCUT2D eigenvalue weighted by atomic mass is 10.1. The third kappa shape index (κ3) is 8.08. The zero-order chi connectivity index (χ0) is 15.3. The summed E-state index contributed by atoms with van der Waals surface area (Å²) in [7, 11) is 1.67. The molecule has 0 heterocycles. The Bertz CT molecular complexity index is 348. The predicted molar refractivity (Wildman–Crippen MR) is 86.6 cm³/mol. The van der Waals surface area contributed by atoms with Crippen LogP contribution in [0.4, 0.5) is 0 Å². The Hall–Kier alpha value is -1.06. The van der Waals surface area contributed by atoms with E-state index < -0.39 is 0 Å². The van der Waals surface area contributed by atoms with E-state index in [1.54, 1.807) is 7.11 Å². The molecule has 0 amide bonds. The minimum Gasteiger partial charge on any atom is -0.497 e. The molecule has 1 rings (SSSR count). The van der Waals surface area contributed by atoms with Crippen molar-refractivity contribution in [1.29, 1.82) is 0 Å². The molecule has 0 unspecified atom stereocenters. The van der Waals surface area contributed by atoms with Crippen LogP contribution in [0.3, 0.4) is 0 Å². The molecule has 0 saturated carbocycles. The highest BCUT2D eigenvalue weighted by Crippen LogP contribution is 2.16. The summed E-state index contributed by atoms with van der Waals surface area (Å²) < 4.78 is 11.1. The molecule has 0 radical (unpaired) electrons. The molecule has 1 atom stereocenters. The third-order valence-corrected chi connectivity index (χ3v) is 3.73. The van der Waals surface area contributed by atoms with E-state index in [4.69, 9.17) is 14.6 Å². The average molecular weight is 294 g/mol. The first-order chi connectivity index (χ1) is 10.3. The lowest BCUT2D eigenvalue weighted by Gasteiger charge is -2.17. The van der Waals surface area contributed by atoms with Gasteiger partial charge < -0.3 is 14.6 Å². The molecule has 0 aromatic heterocycles. The monoisotopic (exact) mass is 294 g/mol. The van der Waals surface area contributed by atoms with Crippen molar-refractivity contribution < 1.29 is 14.6 Å². The van der Waals surface area contributed by atoms with Crippen LogP contribution < -0.4 is 4.74 Å². The van der Waals surface area contributed by atoms with Gasteiger partial charge in [0.2, 0.25) is 0 Å². The van der Waals surface area contributed by atoms with Crippen LogP contribution in [0.2, 0.25) is 0 Å². The van der Waals surface area contributed by atoms with Gasteiger partial charge in [0.25, 0.3) is 0 Å². The van der Waals surface area contributed by atoms with Crippen LogP contribution in [0.25, 0.3) is 0 Å². The van der Waals surface area contributed by atoms with Crippen molar-refractivity contribution in [3.8, 4) is 5.75 Å². The van der Waals surface area contributed by atoms with E-state index in [0.29, 0.717) is 6.61 Å². The normalized spacial score (nSPS) is 12.3. The average Bonchev–Trinajstić information content (AvgIpc) is 2.52. The number of aliphatic hydroxyl groups excluding tert-OH is 1. The van der Waals surface area contributed by atoms with E-state index in [0.717, 1.165) is 24.2 Å². The van der Waals surface area contributed by atoms with Gasteiger partial charge in [-0.15, -0.1) is 0 Å². The van der Waals surface area contributed by atoms with Crippen LogP contribution >= 0.6 is 0 Å². The first-order valence-corrected chi connectivity index (χ1v) is 8.15. The van der Waals surface area contributed by atoms with Crippen molar-refractivity contribution in [2.24, 2.45) is 0 Å². The Morgan fingerprint density at radius 1 is 1.00 bits per heavy atom. The van der Waals surface area contributed by atoms with Crippen LogP contribution in [0, 0.1) is 0 Å². The molecule has 1 aromatic carbocycles. The lowest BCUT2D eigenvalue weighted by Crippen LogP contribution is -2.14. The van der Waals surface area contributed by atoms with E-state index in [2.05, 4.69) is 6.92 Å². The van der Waals surface area contributed by atoms with Gasteiger partial charge in [-0.1, -0.05) is 51.2 Å². The van der Waals surface area contributed by atoms with Gasteiger partial charge in [-0.2, -0.15) is 0 Å². The highest BCUT2D eigenvalue weighted by atomic mass is 16.5. The number of ether oxygens (including phenoxy) is 2. The number of benzene rings is 1. The Kier molecular flexibility index (Phi) is 9.92. The summed E-state index contributed by atoms with van der Waals surface area (Å²) in [5, 5.41) is 9.15. The van der Waals surface area contributed by atoms with Gasteiger partial charge in [0.15, 0.2) is 0 Å². The second kappa shape index (κ2) is 11.6. The molecule has 0 saturated heterocycles. The smallest absolute Gasteiger partial charge is 0.118 e. The van der Waals surface area contributed by atoms with Gasteiger partial charge in [-0.3, -0.25) is 0 Å². The van der Waals surface area contributed by atoms with E-state index in [-0.39, 0.29) is 12.7 Å². The molecule has 0 fully saturated rings. The first-order valence-electron chi connectivity index (χ1n) is 8.15. The van der Waals surface area contributed by atoms with Crippen LogP contribution in [-0.4, -0.2) is 24.9 Å². The first kappa shape index (κ1) is 18.0. The van der Waals surface area contributed by atoms with Gasteiger partial charge in [0, 0.05) is 6.61 Å². The highest BCUT2D eigenvalue weighted by Gasteiger charge is 2.09. The molecule has 0 spiro atoms. The molecular weight excluding hydrogens is 264 g/mol. The minimum absolute atomic E-state index is 0.165. The predicted octanol–water partition coefficient (Wildman–Crippen LogP) is 4.32. The topological polar surface area (TPSA) is 38.7 Å². The molecule has 1 aromatic rings. The minimum atomic E-state index is 0.165. The summed E-state index contributed by atoms with van der Waals surface area (Å²) >= 11 is 0. The molecule has 0 aliphatic heterocycles. The Morgan fingerprint density at radius 2 is 1.71 bits per heavy atom. The zero-order valence-electron chi connectivity index (χ0n) is 13.5. The molecule has 0 aliphatic rings. The summed E-state index contributed by atoms with van der Waals surface area (Å²) in [5.74, 6) is 0.863. The molecule has 120 valence electrons. The van der Waals surface area contributed by atoms with Crippen LogP contribution in [-0.2, 0) is 11.3 Å². The maximum Gasteiger partial charge on any atom is 0.118 e. The second-order valence-corrected chi connectivity index (χ2v) is 5.50. The van der Waals surface area contributed by atoms with E-state index >= 15 is 0 Å². The molecular formula is C18H30O3. The largest absolute Gasteiger partial charge is 0.497 e. The van der Waals surface area contributed by atoms with Gasteiger partial charge in [-0.05, 0) is 30.5 Å². The lowest BCUT2D eigenvalue weighted by molar-refractivity contribution is 0.0174. The standard InChI is InChI=1S/C18H30O3/c1-3-4-5-6-7-8-18(13-14-19)21-15-16-9-11-17(20-2)12-10-16/h9-12,18-19H,3-8,13-15H2,1-2H3/t18-/m1/s1. The summed E-state index contributed by atoms with van der Waals surface area (Å²) in [6, 6.07) is 7.95. The fourth-order valence-electron chi connectivity index (χ4n) is 2.37. The molecule has 3 nitrogen and oxygen atoms in total. The van der Waals surface area contributed by atoms with Gasteiger partial charge >= 0.3 is 0 Å². The van der Waals surface area contributed by atoms with Crippen LogP contribution in [0.5, 0.6) is 5.75 Å². The van der Waals surface area contributed by atoms with Gasteiger partial charge in [0.05, 0.1) is 19.8 Å². The van der Waals surface area contributed by atoms with Gasteiger partial charge in [-0.25, -0.2) is 0 Å². The maximum absolute atomic E-state index is 9.15. The maximum atomic E-state index is 9.15. The Morgan fingerprint density at radius 3 is 2.33 bits per heavy atom. The van der Waals surface area contributed by atoms with Gasteiger partial charge in [0.1, 0.15) is 5.75 Å². The third-order valence-electron chi connectivity index (χ3n) is 3.73. The summed E-state index contributed by atoms with van der Waals surface area (Å²) in [6.45, 7) is 3.03. The van der Waals surface area contributed by atoms with Crippen molar-refractivity contribution in [3.63, 3.8) is 0 Å². The number of methoxy groups -OCH3 is 1. The Labute approximate surface area is 129 Å². The quantitative estimate of drug-likeness (QED) is 0.583. The summed E-state index contributed by atoms with van der Waals surface area (Å²) in [5.41, 5.74) is 1.14. The number of aliphatic hydroxyl groups is 1. The van der Waals surface area contributed by atoms with Crippen LogP contribution in [0.1, 0.15) is 57.4 Å². The van der Waals surface area contributed by atoms with E-state index in [9.17, 15) is 0 Å². The number of hydrogen-bond donors (Lipinski definition) is 1. The number of hydrogen-bond acceptors (Lipinski definition) is 3. The van der Waals surface area contributed by atoms with Crippen molar-refractivity contribution in [2.45, 2.75) is 64.6 Å². The van der Waals surface area contributed by atoms with E-state index in [1.165, 1.54) is 32.1 Å². The second-order valence-electron chi connectivity index (χ2n) is 5.50.